The smallest absolute Gasteiger partial charge is 0.345 e. The molecule has 1 aromatic heterocycles. The van der Waals surface area contributed by atoms with Gasteiger partial charge in [0.1, 0.15) is 10.6 Å². The Balaban J connectivity index is 1.95. The SMILES string of the molecule is COc1ccc(C(=O)N/N=C/c2ccc(C(=O)O)s2)cc1. The van der Waals surface area contributed by atoms with Gasteiger partial charge in [-0.05, 0) is 36.4 Å². The maximum absolute atomic E-state index is 11.8. The molecular weight excluding hydrogens is 292 g/mol. The Morgan fingerprint density at radius 2 is 1.95 bits per heavy atom. The summed E-state index contributed by atoms with van der Waals surface area (Å²) in [6.45, 7) is 0. The number of nitrogens with one attached hydrogen (secondary N) is 1. The van der Waals surface area contributed by atoms with Crippen LogP contribution in [0.15, 0.2) is 41.5 Å². The van der Waals surface area contributed by atoms with Gasteiger partial charge in [-0.1, -0.05) is 0 Å². The van der Waals surface area contributed by atoms with E-state index in [4.69, 9.17) is 9.84 Å². The quantitative estimate of drug-likeness (QED) is 0.655. The highest BCUT2D eigenvalue weighted by Gasteiger charge is 2.06. The third-order valence-corrected chi connectivity index (χ3v) is 3.56. The second-order valence-corrected chi connectivity index (χ2v) is 5.05. The van der Waals surface area contributed by atoms with Crippen LogP contribution in [0.1, 0.15) is 24.9 Å². The molecule has 1 heterocycles. The van der Waals surface area contributed by atoms with Crippen LogP contribution in [0.2, 0.25) is 0 Å². The van der Waals surface area contributed by atoms with Crippen LogP contribution in [0.4, 0.5) is 0 Å². The summed E-state index contributed by atoms with van der Waals surface area (Å²) in [6.07, 6.45) is 1.40. The normalized spacial score (nSPS) is 10.5. The van der Waals surface area contributed by atoms with Crippen LogP contribution < -0.4 is 10.2 Å². The van der Waals surface area contributed by atoms with Crippen molar-refractivity contribution < 1.29 is 19.4 Å². The maximum atomic E-state index is 11.8. The Hall–Kier alpha value is -2.67. The molecule has 0 atom stereocenters. The Kier molecular flexibility index (Phi) is 4.68. The van der Waals surface area contributed by atoms with Gasteiger partial charge in [-0.15, -0.1) is 11.3 Å². The van der Waals surface area contributed by atoms with Gasteiger partial charge < -0.3 is 9.84 Å². The van der Waals surface area contributed by atoms with E-state index in [1.165, 1.54) is 12.3 Å². The number of carboxylic acids is 1. The molecule has 0 radical (unpaired) electrons. The van der Waals surface area contributed by atoms with E-state index in [1.54, 1.807) is 37.4 Å². The van der Waals surface area contributed by atoms with Crippen molar-refractivity contribution in [3.8, 4) is 5.75 Å². The Bertz CT molecular complexity index is 677. The van der Waals surface area contributed by atoms with Crippen LogP contribution in [-0.2, 0) is 0 Å². The van der Waals surface area contributed by atoms with E-state index >= 15 is 0 Å². The van der Waals surface area contributed by atoms with Crippen molar-refractivity contribution in [1.82, 2.24) is 5.43 Å². The second kappa shape index (κ2) is 6.67. The van der Waals surface area contributed by atoms with Crippen molar-refractivity contribution in [3.63, 3.8) is 0 Å². The van der Waals surface area contributed by atoms with E-state index in [9.17, 15) is 9.59 Å². The highest BCUT2D eigenvalue weighted by atomic mass is 32.1. The fourth-order valence-corrected chi connectivity index (χ4v) is 2.22. The van der Waals surface area contributed by atoms with Crippen molar-refractivity contribution in [2.24, 2.45) is 5.10 Å². The van der Waals surface area contributed by atoms with Crippen LogP contribution in [0.25, 0.3) is 0 Å². The average molecular weight is 304 g/mol. The number of carbonyl (C=O) groups is 2. The van der Waals surface area contributed by atoms with Crippen molar-refractivity contribution in [3.05, 3.63) is 51.7 Å². The zero-order valence-electron chi connectivity index (χ0n) is 11.1. The Morgan fingerprint density at radius 1 is 1.24 bits per heavy atom. The molecule has 0 aliphatic rings. The van der Waals surface area contributed by atoms with Gasteiger partial charge in [0.05, 0.1) is 13.3 Å². The molecule has 0 aliphatic carbocycles. The number of thiophene rings is 1. The minimum Gasteiger partial charge on any atom is -0.497 e. The van der Waals surface area contributed by atoms with Crippen molar-refractivity contribution in [2.45, 2.75) is 0 Å². The van der Waals surface area contributed by atoms with E-state index in [-0.39, 0.29) is 10.8 Å². The summed E-state index contributed by atoms with van der Waals surface area (Å²) in [7, 11) is 1.55. The van der Waals surface area contributed by atoms with E-state index in [0.717, 1.165) is 11.3 Å². The van der Waals surface area contributed by atoms with Crippen molar-refractivity contribution in [2.75, 3.05) is 7.11 Å². The van der Waals surface area contributed by atoms with Crippen LogP contribution in [0.5, 0.6) is 5.75 Å². The second-order valence-electron chi connectivity index (χ2n) is 3.93. The Labute approximate surface area is 124 Å². The van der Waals surface area contributed by atoms with Gasteiger partial charge in [0.15, 0.2) is 0 Å². The molecular formula is C14H12N2O4S. The van der Waals surface area contributed by atoms with E-state index in [2.05, 4.69) is 10.5 Å². The minimum absolute atomic E-state index is 0.220. The zero-order valence-corrected chi connectivity index (χ0v) is 11.9. The highest BCUT2D eigenvalue weighted by Crippen LogP contribution is 2.14. The van der Waals surface area contributed by atoms with Gasteiger partial charge in [-0.3, -0.25) is 4.79 Å². The predicted molar refractivity (Wildman–Crippen MR) is 79.3 cm³/mol. The van der Waals surface area contributed by atoms with Crippen LogP contribution >= 0.6 is 11.3 Å². The molecule has 7 heteroatoms. The molecule has 1 amide bonds. The molecule has 2 N–H and O–H groups in total. The summed E-state index contributed by atoms with van der Waals surface area (Å²) < 4.78 is 5.00. The lowest BCUT2D eigenvalue weighted by molar-refractivity contribution is 0.0702. The summed E-state index contributed by atoms with van der Waals surface area (Å²) in [4.78, 5) is 23.4. The third kappa shape index (κ3) is 3.90. The monoisotopic (exact) mass is 304 g/mol. The molecule has 0 saturated heterocycles. The molecule has 0 fully saturated rings. The number of hydrogen-bond acceptors (Lipinski definition) is 5. The van der Waals surface area contributed by atoms with Gasteiger partial charge in [0.2, 0.25) is 0 Å². The largest absolute Gasteiger partial charge is 0.497 e. The van der Waals surface area contributed by atoms with Crippen molar-refractivity contribution >= 4 is 29.4 Å². The van der Waals surface area contributed by atoms with Gasteiger partial charge in [0, 0.05) is 10.4 Å². The summed E-state index contributed by atoms with van der Waals surface area (Å²) in [5.41, 5.74) is 2.82. The number of hydrogen-bond donors (Lipinski definition) is 2. The van der Waals surface area contributed by atoms with Crippen LogP contribution in [-0.4, -0.2) is 30.3 Å². The van der Waals surface area contributed by atoms with Crippen LogP contribution in [0.3, 0.4) is 0 Å². The number of hydrazone groups is 1. The summed E-state index contributed by atoms with van der Waals surface area (Å²) in [6, 6.07) is 9.71. The first kappa shape index (κ1) is 14.7. The number of methoxy groups -OCH3 is 1. The molecule has 6 nitrogen and oxygen atoms in total. The van der Waals surface area contributed by atoms with E-state index in [0.29, 0.717) is 16.2 Å². The predicted octanol–water partition coefficient (Wildman–Crippen LogP) is 2.22. The number of carboxylic acid groups (broad SMARTS) is 1. The summed E-state index contributed by atoms with van der Waals surface area (Å²) in [5.74, 6) is -0.680. The lowest BCUT2D eigenvalue weighted by Gasteiger charge is -2.01. The molecule has 1 aromatic carbocycles. The first-order valence-electron chi connectivity index (χ1n) is 5.91. The van der Waals surface area contributed by atoms with Gasteiger partial charge >= 0.3 is 5.97 Å². The number of aromatic carboxylic acids is 1. The molecule has 0 spiro atoms. The summed E-state index contributed by atoms with van der Waals surface area (Å²) in [5, 5.41) is 12.6. The van der Waals surface area contributed by atoms with Crippen LogP contribution in [0, 0.1) is 0 Å². The average Bonchev–Trinajstić information content (AvgIpc) is 2.96. The fraction of sp³-hybridized carbons (Fsp3) is 0.0714. The minimum atomic E-state index is -0.984. The van der Waals surface area contributed by atoms with Crippen molar-refractivity contribution in [1.29, 1.82) is 0 Å². The molecule has 2 aromatic rings. The topological polar surface area (TPSA) is 88.0 Å². The zero-order chi connectivity index (χ0) is 15.2. The molecule has 2 rings (SSSR count). The van der Waals surface area contributed by atoms with Gasteiger partial charge in [0.25, 0.3) is 5.91 Å². The fourth-order valence-electron chi connectivity index (χ4n) is 1.50. The lowest BCUT2D eigenvalue weighted by Crippen LogP contribution is -2.17. The lowest BCUT2D eigenvalue weighted by atomic mass is 10.2. The van der Waals surface area contributed by atoms with Gasteiger partial charge in [-0.2, -0.15) is 5.10 Å². The standard InChI is InChI=1S/C14H12N2O4S/c1-20-10-4-2-9(3-5-10)13(17)16-15-8-11-6-7-12(21-11)14(18)19/h2-8H,1H3,(H,16,17)(H,18,19)/b15-8+. The first-order chi connectivity index (χ1) is 10.1. The molecule has 108 valence electrons. The first-order valence-corrected chi connectivity index (χ1v) is 6.72. The highest BCUT2D eigenvalue weighted by molar-refractivity contribution is 7.15. The maximum Gasteiger partial charge on any atom is 0.345 e. The molecule has 0 aliphatic heterocycles. The molecule has 0 saturated carbocycles. The number of nitrogens with zero attached hydrogens (tertiary/aromatic N) is 1. The number of ether oxygens (including phenoxy) is 1. The summed E-state index contributed by atoms with van der Waals surface area (Å²) >= 11 is 1.08. The third-order valence-electron chi connectivity index (χ3n) is 2.55. The van der Waals surface area contributed by atoms with E-state index < -0.39 is 5.97 Å². The van der Waals surface area contributed by atoms with Gasteiger partial charge in [-0.25, -0.2) is 10.2 Å². The van der Waals surface area contributed by atoms with E-state index in [1.807, 2.05) is 0 Å². The Morgan fingerprint density at radius 3 is 2.52 bits per heavy atom. The number of carbonyl (C=O) groups excluding carboxylic acids is 1. The molecule has 0 unspecified atom stereocenters. The number of rotatable bonds is 5. The molecule has 21 heavy (non-hydrogen) atoms. The molecule has 0 bridgehead atoms. The number of benzene rings is 1. The number of amides is 1.